The van der Waals surface area contributed by atoms with Crippen molar-refractivity contribution in [3.05, 3.63) is 65.9 Å². The zero-order chi connectivity index (χ0) is 19.1. The fraction of sp³-hybridized carbons (Fsp3) is 0.375. The van der Waals surface area contributed by atoms with Crippen molar-refractivity contribution in [3.63, 3.8) is 0 Å². The lowest BCUT2D eigenvalue weighted by molar-refractivity contribution is -0.123. The quantitative estimate of drug-likeness (QED) is 0.742. The lowest BCUT2D eigenvalue weighted by Gasteiger charge is -2.36. The number of H-pyrrole nitrogens is 1. The molecule has 0 bridgehead atoms. The number of nitrogens with one attached hydrogen (secondary N) is 1. The summed E-state index contributed by atoms with van der Waals surface area (Å²) in [5.74, 6) is 0.817. The monoisotopic (exact) mass is 373 g/mol. The average Bonchev–Trinajstić information content (AvgIpc) is 3.37. The van der Waals surface area contributed by atoms with Crippen LogP contribution >= 0.6 is 0 Å². The Kier molecular flexibility index (Phi) is 4.44. The van der Waals surface area contributed by atoms with Crippen molar-refractivity contribution >= 4 is 22.5 Å². The van der Waals surface area contributed by atoms with E-state index in [1.165, 1.54) is 22.0 Å². The molecule has 4 heteroatoms. The molecule has 2 aliphatic heterocycles. The molecule has 2 aliphatic rings. The molecular weight excluding hydrogens is 346 g/mol. The molecule has 1 fully saturated rings. The minimum Gasteiger partial charge on any atom is -0.361 e. The van der Waals surface area contributed by atoms with E-state index in [0.717, 1.165) is 44.6 Å². The minimum absolute atomic E-state index is 0.0601. The highest BCUT2D eigenvalue weighted by atomic mass is 16.2. The molecule has 0 saturated carbocycles. The van der Waals surface area contributed by atoms with Crippen molar-refractivity contribution in [2.45, 2.75) is 38.1 Å². The van der Waals surface area contributed by atoms with Gasteiger partial charge in [-0.25, -0.2) is 0 Å². The van der Waals surface area contributed by atoms with Crippen molar-refractivity contribution < 1.29 is 4.79 Å². The van der Waals surface area contributed by atoms with Crippen LogP contribution in [0.5, 0.6) is 0 Å². The number of nitrogens with zero attached hydrogens (tertiary/aromatic N) is 2. The maximum absolute atomic E-state index is 13.2. The summed E-state index contributed by atoms with van der Waals surface area (Å²) in [5.41, 5.74) is 5.05. The zero-order valence-corrected chi connectivity index (χ0v) is 16.4. The summed E-state index contributed by atoms with van der Waals surface area (Å²) in [6.45, 7) is 4.85. The number of amides is 1. The van der Waals surface area contributed by atoms with E-state index in [9.17, 15) is 4.79 Å². The number of carbonyl (C=O) groups excluding carboxylic acids is 1. The lowest BCUT2D eigenvalue weighted by atomic mass is 9.88. The van der Waals surface area contributed by atoms with Crippen molar-refractivity contribution in [2.75, 3.05) is 24.5 Å². The molecule has 2 aromatic carbocycles. The number of fused-ring (bicyclic) bond motifs is 2. The molecule has 3 aromatic rings. The van der Waals surface area contributed by atoms with Crippen molar-refractivity contribution in [2.24, 2.45) is 0 Å². The Morgan fingerprint density at radius 2 is 1.79 bits per heavy atom. The van der Waals surface area contributed by atoms with Gasteiger partial charge < -0.3 is 9.88 Å². The number of carbonyl (C=O) groups is 1. The van der Waals surface area contributed by atoms with E-state index in [1.807, 2.05) is 11.0 Å². The van der Waals surface area contributed by atoms with E-state index in [0.29, 0.717) is 5.92 Å². The van der Waals surface area contributed by atoms with Gasteiger partial charge in [0.1, 0.15) is 0 Å². The smallest absolute Gasteiger partial charge is 0.244 e. The Balaban J connectivity index is 1.26. The molecule has 1 N–H and O–H groups in total. The molecule has 1 saturated heterocycles. The first-order valence-corrected chi connectivity index (χ1v) is 10.4. The van der Waals surface area contributed by atoms with E-state index in [4.69, 9.17) is 0 Å². The van der Waals surface area contributed by atoms with E-state index in [-0.39, 0.29) is 11.9 Å². The first-order valence-electron chi connectivity index (χ1n) is 10.4. The second-order valence-corrected chi connectivity index (χ2v) is 8.14. The number of piperidine rings is 1. The lowest BCUT2D eigenvalue weighted by Crippen LogP contribution is -2.49. The second-order valence-electron chi connectivity index (χ2n) is 8.14. The van der Waals surface area contributed by atoms with Gasteiger partial charge in [0.05, 0.1) is 6.04 Å². The minimum atomic E-state index is -0.0601. The van der Waals surface area contributed by atoms with Crippen LogP contribution in [-0.2, 0) is 11.2 Å². The van der Waals surface area contributed by atoms with Gasteiger partial charge in [0.25, 0.3) is 0 Å². The predicted octanol–water partition coefficient (Wildman–Crippen LogP) is 4.33. The highest BCUT2D eigenvalue weighted by Gasteiger charge is 2.33. The Morgan fingerprint density at radius 1 is 1.04 bits per heavy atom. The van der Waals surface area contributed by atoms with Crippen LogP contribution in [0, 0.1) is 0 Å². The van der Waals surface area contributed by atoms with Gasteiger partial charge in [0.2, 0.25) is 5.91 Å². The fourth-order valence-electron chi connectivity index (χ4n) is 4.98. The second kappa shape index (κ2) is 7.10. The Labute approximate surface area is 166 Å². The normalized spacial score (nSPS) is 19.1. The molecule has 1 amide bonds. The number of rotatable bonds is 3. The van der Waals surface area contributed by atoms with Crippen LogP contribution in [0.1, 0.15) is 36.8 Å². The standard InChI is InChI=1S/C24H27N3O/c1-17(24(28)27-15-12-19-6-2-5-9-23(19)27)26-13-10-18(11-14-26)21-16-25-22-8-4-3-7-20(21)22/h2-9,16-18,25H,10-15H2,1H3. The van der Waals surface area contributed by atoms with Crippen LogP contribution in [0.4, 0.5) is 5.69 Å². The number of anilines is 1. The Hall–Kier alpha value is -2.59. The van der Waals surface area contributed by atoms with Gasteiger partial charge in [-0.1, -0.05) is 36.4 Å². The van der Waals surface area contributed by atoms with E-state index < -0.39 is 0 Å². The first kappa shape index (κ1) is 17.5. The molecule has 1 atom stereocenters. The zero-order valence-electron chi connectivity index (χ0n) is 16.4. The molecule has 0 spiro atoms. The third kappa shape index (κ3) is 2.92. The molecular formula is C24H27N3O. The number of hydrogen-bond donors (Lipinski definition) is 1. The third-order valence-electron chi connectivity index (χ3n) is 6.65. The van der Waals surface area contributed by atoms with Crippen LogP contribution in [0.3, 0.4) is 0 Å². The van der Waals surface area contributed by atoms with Crippen molar-refractivity contribution in [1.82, 2.24) is 9.88 Å². The summed E-state index contributed by atoms with van der Waals surface area (Å²) in [7, 11) is 0. The SMILES string of the molecule is CC(C(=O)N1CCc2ccccc21)N1CCC(c2c[nH]c3ccccc23)CC1. The van der Waals surface area contributed by atoms with Crippen LogP contribution in [0.2, 0.25) is 0 Å². The molecule has 144 valence electrons. The van der Waals surface area contributed by atoms with Crippen LogP contribution in [-0.4, -0.2) is 41.5 Å². The van der Waals surface area contributed by atoms with E-state index in [1.54, 1.807) is 0 Å². The number of para-hydroxylation sites is 2. The molecule has 1 unspecified atom stereocenters. The molecule has 4 nitrogen and oxygen atoms in total. The summed E-state index contributed by atoms with van der Waals surface area (Å²) in [5, 5.41) is 1.35. The third-order valence-corrected chi connectivity index (χ3v) is 6.65. The summed E-state index contributed by atoms with van der Waals surface area (Å²) in [6, 6.07) is 16.8. The van der Waals surface area contributed by atoms with Crippen molar-refractivity contribution in [1.29, 1.82) is 0 Å². The predicted molar refractivity (Wildman–Crippen MR) is 114 cm³/mol. The number of benzene rings is 2. The maximum Gasteiger partial charge on any atom is 0.244 e. The van der Waals surface area contributed by atoms with Gasteiger partial charge in [-0.05, 0) is 68.5 Å². The maximum atomic E-state index is 13.2. The van der Waals surface area contributed by atoms with Crippen LogP contribution < -0.4 is 4.90 Å². The van der Waals surface area contributed by atoms with E-state index in [2.05, 4.69) is 65.5 Å². The van der Waals surface area contributed by atoms with Gasteiger partial charge in [-0.3, -0.25) is 9.69 Å². The van der Waals surface area contributed by atoms with Gasteiger partial charge in [-0.15, -0.1) is 0 Å². The molecule has 0 aliphatic carbocycles. The Morgan fingerprint density at radius 3 is 2.64 bits per heavy atom. The number of aromatic nitrogens is 1. The molecule has 5 rings (SSSR count). The summed E-state index contributed by atoms with van der Waals surface area (Å²) >= 11 is 0. The fourth-order valence-corrected chi connectivity index (χ4v) is 4.98. The first-order chi connectivity index (χ1) is 13.7. The van der Waals surface area contributed by atoms with Gasteiger partial charge in [0, 0.05) is 29.3 Å². The molecule has 0 radical (unpaired) electrons. The summed E-state index contributed by atoms with van der Waals surface area (Å²) in [6.07, 6.45) is 5.37. The summed E-state index contributed by atoms with van der Waals surface area (Å²) < 4.78 is 0. The Bertz CT molecular complexity index is 1000. The van der Waals surface area contributed by atoms with Crippen molar-refractivity contribution in [3.8, 4) is 0 Å². The number of likely N-dealkylation sites (tertiary alicyclic amines) is 1. The largest absolute Gasteiger partial charge is 0.361 e. The summed E-state index contributed by atoms with van der Waals surface area (Å²) in [4.78, 5) is 20.9. The van der Waals surface area contributed by atoms with Crippen LogP contribution in [0.15, 0.2) is 54.7 Å². The molecule has 28 heavy (non-hydrogen) atoms. The van der Waals surface area contributed by atoms with Gasteiger partial charge in [0.15, 0.2) is 0 Å². The van der Waals surface area contributed by atoms with Crippen LogP contribution in [0.25, 0.3) is 10.9 Å². The average molecular weight is 374 g/mol. The van der Waals surface area contributed by atoms with Gasteiger partial charge >= 0.3 is 0 Å². The highest BCUT2D eigenvalue weighted by molar-refractivity contribution is 5.98. The highest BCUT2D eigenvalue weighted by Crippen LogP contribution is 2.34. The van der Waals surface area contributed by atoms with E-state index >= 15 is 0 Å². The number of aromatic amines is 1. The molecule has 1 aromatic heterocycles. The van der Waals surface area contributed by atoms with Gasteiger partial charge in [-0.2, -0.15) is 0 Å². The molecule has 3 heterocycles. The topological polar surface area (TPSA) is 39.3 Å². The number of hydrogen-bond acceptors (Lipinski definition) is 2.